The molecule has 2 amide bonds. The monoisotopic (exact) mass is 181 g/mol. The summed E-state index contributed by atoms with van der Waals surface area (Å²) in [5, 5.41) is 10.4. The Hall–Kier alpha value is -1.83. The molecule has 0 aromatic carbocycles. The SMILES string of the molecule is CCC(=CNC(=O)CC#N)C(N)=O. The number of amides is 2. The number of nitrogens with two attached hydrogens (primary N) is 1. The van der Waals surface area contributed by atoms with Crippen molar-refractivity contribution < 1.29 is 9.59 Å². The van der Waals surface area contributed by atoms with Crippen LogP contribution in [0.2, 0.25) is 0 Å². The van der Waals surface area contributed by atoms with E-state index in [1.165, 1.54) is 6.20 Å². The summed E-state index contributed by atoms with van der Waals surface area (Å²) in [6, 6.07) is 1.68. The lowest BCUT2D eigenvalue weighted by atomic mass is 10.2. The summed E-state index contributed by atoms with van der Waals surface area (Å²) in [7, 11) is 0. The average Bonchev–Trinajstić information content (AvgIpc) is 2.05. The molecule has 0 spiro atoms. The maximum atomic E-state index is 10.8. The van der Waals surface area contributed by atoms with Crippen LogP contribution in [0.1, 0.15) is 19.8 Å². The van der Waals surface area contributed by atoms with Gasteiger partial charge in [0.15, 0.2) is 0 Å². The highest BCUT2D eigenvalue weighted by molar-refractivity contribution is 5.92. The lowest BCUT2D eigenvalue weighted by Crippen LogP contribution is -2.21. The highest BCUT2D eigenvalue weighted by atomic mass is 16.2. The summed E-state index contributed by atoms with van der Waals surface area (Å²) in [4.78, 5) is 21.4. The van der Waals surface area contributed by atoms with Gasteiger partial charge in [0.2, 0.25) is 11.8 Å². The van der Waals surface area contributed by atoms with Crippen molar-refractivity contribution in [3.05, 3.63) is 11.8 Å². The van der Waals surface area contributed by atoms with E-state index >= 15 is 0 Å². The Labute approximate surface area is 76.2 Å². The van der Waals surface area contributed by atoms with Gasteiger partial charge in [0, 0.05) is 11.8 Å². The van der Waals surface area contributed by atoms with Gasteiger partial charge in [-0.1, -0.05) is 6.92 Å². The van der Waals surface area contributed by atoms with Crippen molar-refractivity contribution in [1.29, 1.82) is 5.26 Å². The fourth-order valence-electron chi connectivity index (χ4n) is 0.638. The number of hydrogen-bond donors (Lipinski definition) is 2. The molecule has 0 radical (unpaired) electrons. The zero-order valence-corrected chi connectivity index (χ0v) is 7.33. The number of carbonyl (C=O) groups is 2. The van der Waals surface area contributed by atoms with E-state index < -0.39 is 11.8 Å². The van der Waals surface area contributed by atoms with Crippen LogP contribution >= 0.6 is 0 Å². The average molecular weight is 181 g/mol. The van der Waals surface area contributed by atoms with Crippen LogP contribution in [0.25, 0.3) is 0 Å². The van der Waals surface area contributed by atoms with Crippen molar-refractivity contribution in [3.8, 4) is 6.07 Å². The summed E-state index contributed by atoms with van der Waals surface area (Å²) in [5.41, 5.74) is 5.31. The standard InChI is InChI=1S/C8H11N3O2/c1-2-6(8(10)13)5-11-7(12)3-4-9/h5H,2-3H2,1H3,(H2,10,13)(H,11,12). The van der Waals surface area contributed by atoms with Crippen LogP contribution in [0.3, 0.4) is 0 Å². The molecule has 0 aliphatic rings. The molecular weight excluding hydrogens is 170 g/mol. The molecule has 5 nitrogen and oxygen atoms in total. The van der Waals surface area contributed by atoms with Crippen LogP contribution in [-0.4, -0.2) is 11.8 Å². The first kappa shape index (κ1) is 11.2. The van der Waals surface area contributed by atoms with E-state index in [-0.39, 0.29) is 6.42 Å². The van der Waals surface area contributed by atoms with Crippen LogP contribution in [0, 0.1) is 11.3 Å². The van der Waals surface area contributed by atoms with Gasteiger partial charge in [-0.2, -0.15) is 5.26 Å². The normalized spacial score (nSPS) is 10.3. The Morgan fingerprint density at radius 2 is 2.23 bits per heavy atom. The predicted octanol–water partition coefficient (Wildman–Crippen LogP) is -0.205. The first-order valence-electron chi connectivity index (χ1n) is 3.77. The van der Waals surface area contributed by atoms with Crippen LogP contribution < -0.4 is 11.1 Å². The second kappa shape index (κ2) is 5.77. The van der Waals surface area contributed by atoms with Crippen LogP contribution in [0.4, 0.5) is 0 Å². The molecule has 3 N–H and O–H groups in total. The van der Waals surface area contributed by atoms with Crippen LogP contribution in [-0.2, 0) is 9.59 Å². The van der Waals surface area contributed by atoms with Crippen LogP contribution in [0.5, 0.6) is 0 Å². The number of nitrogens with one attached hydrogen (secondary N) is 1. The third-order valence-corrected chi connectivity index (χ3v) is 1.34. The van der Waals surface area contributed by atoms with Crippen LogP contribution in [0.15, 0.2) is 11.8 Å². The van der Waals surface area contributed by atoms with E-state index in [0.29, 0.717) is 12.0 Å². The molecule has 0 bridgehead atoms. The minimum absolute atomic E-state index is 0.230. The van der Waals surface area contributed by atoms with Gasteiger partial charge in [-0.25, -0.2) is 0 Å². The number of nitriles is 1. The largest absolute Gasteiger partial charge is 0.366 e. The van der Waals surface area contributed by atoms with E-state index in [9.17, 15) is 9.59 Å². The van der Waals surface area contributed by atoms with Crippen molar-refractivity contribution in [3.63, 3.8) is 0 Å². The third kappa shape index (κ3) is 4.58. The quantitative estimate of drug-likeness (QED) is 0.587. The zero-order valence-electron chi connectivity index (χ0n) is 7.33. The van der Waals surface area contributed by atoms with Crippen molar-refractivity contribution >= 4 is 11.8 Å². The molecule has 13 heavy (non-hydrogen) atoms. The van der Waals surface area contributed by atoms with Gasteiger partial charge in [0.1, 0.15) is 6.42 Å². The number of nitrogens with zero attached hydrogens (tertiary/aromatic N) is 1. The topological polar surface area (TPSA) is 96.0 Å². The fraction of sp³-hybridized carbons (Fsp3) is 0.375. The molecule has 0 fully saturated rings. The Morgan fingerprint density at radius 3 is 2.62 bits per heavy atom. The second-order valence-electron chi connectivity index (χ2n) is 2.29. The fourth-order valence-corrected chi connectivity index (χ4v) is 0.638. The summed E-state index contributed by atoms with van der Waals surface area (Å²) in [6.45, 7) is 1.74. The van der Waals surface area contributed by atoms with Crippen molar-refractivity contribution in [2.24, 2.45) is 5.73 Å². The maximum Gasteiger partial charge on any atom is 0.246 e. The number of rotatable bonds is 4. The molecule has 0 unspecified atom stereocenters. The number of primary amides is 1. The predicted molar refractivity (Wildman–Crippen MR) is 45.9 cm³/mol. The zero-order chi connectivity index (χ0) is 10.3. The molecule has 0 saturated heterocycles. The van der Waals surface area contributed by atoms with Gasteiger partial charge in [-0.05, 0) is 6.42 Å². The Morgan fingerprint density at radius 1 is 1.62 bits per heavy atom. The molecule has 70 valence electrons. The molecular formula is C8H11N3O2. The molecule has 0 heterocycles. The van der Waals surface area contributed by atoms with E-state index in [1.54, 1.807) is 13.0 Å². The van der Waals surface area contributed by atoms with Crippen molar-refractivity contribution in [1.82, 2.24) is 5.32 Å². The van der Waals surface area contributed by atoms with E-state index in [2.05, 4.69) is 5.32 Å². The Bertz CT molecular complexity index is 276. The molecule has 0 atom stereocenters. The molecule has 0 aliphatic heterocycles. The van der Waals surface area contributed by atoms with Gasteiger partial charge in [-0.15, -0.1) is 0 Å². The smallest absolute Gasteiger partial charge is 0.246 e. The van der Waals surface area contributed by atoms with E-state index in [4.69, 9.17) is 11.0 Å². The maximum absolute atomic E-state index is 10.8. The Balaban J connectivity index is 4.16. The molecule has 0 saturated carbocycles. The summed E-state index contributed by atoms with van der Waals surface area (Å²) in [5.74, 6) is -1.02. The van der Waals surface area contributed by atoms with E-state index in [0.717, 1.165) is 0 Å². The first-order valence-corrected chi connectivity index (χ1v) is 3.77. The second-order valence-corrected chi connectivity index (χ2v) is 2.29. The molecule has 0 aromatic heterocycles. The summed E-state index contributed by atoms with van der Waals surface area (Å²) < 4.78 is 0. The molecule has 0 aliphatic carbocycles. The lowest BCUT2D eigenvalue weighted by molar-refractivity contribution is -0.119. The lowest BCUT2D eigenvalue weighted by Gasteiger charge is -1.99. The minimum Gasteiger partial charge on any atom is -0.366 e. The first-order chi connectivity index (χ1) is 6.11. The van der Waals surface area contributed by atoms with Gasteiger partial charge in [0.05, 0.1) is 6.07 Å². The van der Waals surface area contributed by atoms with Gasteiger partial charge >= 0.3 is 0 Å². The van der Waals surface area contributed by atoms with Gasteiger partial charge in [-0.3, -0.25) is 9.59 Å². The van der Waals surface area contributed by atoms with Crippen molar-refractivity contribution in [2.75, 3.05) is 0 Å². The minimum atomic E-state index is -0.570. The third-order valence-electron chi connectivity index (χ3n) is 1.34. The highest BCUT2D eigenvalue weighted by Gasteiger charge is 2.02. The summed E-state index contributed by atoms with van der Waals surface area (Å²) >= 11 is 0. The Kier molecular flexibility index (Phi) is 4.96. The van der Waals surface area contributed by atoms with E-state index in [1.807, 2.05) is 0 Å². The molecule has 5 heteroatoms. The number of hydrogen-bond acceptors (Lipinski definition) is 3. The molecule has 0 rings (SSSR count). The summed E-state index contributed by atoms with van der Waals surface area (Å²) in [6.07, 6.45) is 1.45. The van der Waals surface area contributed by atoms with Crippen molar-refractivity contribution in [2.45, 2.75) is 19.8 Å². The number of carbonyl (C=O) groups excluding carboxylic acids is 2. The van der Waals surface area contributed by atoms with Gasteiger partial charge < -0.3 is 11.1 Å². The van der Waals surface area contributed by atoms with Gasteiger partial charge in [0.25, 0.3) is 0 Å². The molecule has 0 aromatic rings. The highest BCUT2D eigenvalue weighted by Crippen LogP contribution is 1.96.